The Labute approximate surface area is 147 Å². The summed E-state index contributed by atoms with van der Waals surface area (Å²) in [4.78, 5) is 14.8. The van der Waals surface area contributed by atoms with E-state index in [-0.39, 0.29) is 5.97 Å². The van der Waals surface area contributed by atoms with Crippen molar-refractivity contribution in [2.24, 2.45) is 11.7 Å². The molecule has 0 radical (unpaired) electrons. The number of piperidine rings is 1. The normalized spacial score (nSPS) is 20.0. The summed E-state index contributed by atoms with van der Waals surface area (Å²) in [6.45, 7) is 14.2. The van der Waals surface area contributed by atoms with Gasteiger partial charge in [-0.1, -0.05) is 32.2 Å². The first kappa shape index (κ1) is 20.7. The third-order valence-electron chi connectivity index (χ3n) is 5.23. The molecule has 24 heavy (non-hydrogen) atoms. The fraction of sp³-hybridized carbons (Fsp3) is 0.650. The number of hydrogen-bond acceptors (Lipinski definition) is 4. The molecule has 0 spiro atoms. The number of rotatable bonds is 9. The molecule has 0 amide bonds. The van der Waals surface area contributed by atoms with Crippen molar-refractivity contribution in [2.45, 2.75) is 51.5 Å². The number of esters is 1. The van der Waals surface area contributed by atoms with E-state index in [0.29, 0.717) is 31.8 Å². The Hall–Kier alpha value is -1.39. The highest BCUT2D eigenvalue weighted by Crippen LogP contribution is 2.23. The van der Waals surface area contributed by atoms with Gasteiger partial charge in [-0.05, 0) is 76.2 Å². The molecule has 1 aliphatic heterocycles. The van der Waals surface area contributed by atoms with Crippen LogP contribution in [0.4, 0.5) is 0 Å². The zero-order chi connectivity index (χ0) is 18.2. The summed E-state index contributed by atoms with van der Waals surface area (Å²) < 4.78 is 5.58. The van der Waals surface area contributed by atoms with Crippen molar-refractivity contribution >= 4 is 5.97 Å². The van der Waals surface area contributed by atoms with Gasteiger partial charge in [0.2, 0.25) is 0 Å². The lowest BCUT2D eigenvalue weighted by atomic mass is 9.88. The van der Waals surface area contributed by atoms with Crippen LogP contribution in [0.15, 0.2) is 36.5 Å². The second kappa shape index (κ2) is 9.80. The lowest BCUT2D eigenvalue weighted by Gasteiger charge is -2.31. The number of allylic oxidation sites excluding steroid dienone is 4. The zero-order valence-electron chi connectivity index (χ0n) is 15.6. The summed E-state index contributed by atoms with van der Waals surface area (Å²) in [5, 5.41) is 0. The quantitative estimate of drug-likeness (QED) is 0.518. The molecule has 1 heterocycles. The summed E-state index contributed by atoms with van der Waals surface area (Å²) in [5.41, 5.74) is 7.58. The first-order chi connectivity index (χ1) is 11.4. The van der Waals surface area contributed by atoms with E-state index in [4.69, 9.17) is 10.5 Å². The highest BCUT2D eigenvalue weighted by atomic mass is 16.5. The summed E-state index contributed by atoms with van der Waals surface area (Å²) in [6.07, 6.45) is 7.61. The van der Waals surface area contributed by atoms with Crippen LogP contribution in [0.1, 0.15) is 46.0 Å². The summed E-state index contributed by atoms with van der Waals surface area (Å²) in [7, 11) is 2.13. The number of likely N-dealkylation sites (tertiary alicyclic amines) is 1. The van der Waals surface area contributed by atoms with Gasteiger partial charge in [-0.2, -0.15) is 0 Å². The van der Waals surface area contributed by atoms with E-state index >= 15 is 0 Å². The van der Waals surface area contributed by atoms with E-state index in [0.717, 1.165) is 37.1 Å². The van der Waals surface area contributed by atoms with Crippen molar-refractivity contribution in [2.75, 3.05) is 26.7 Å². The lowest BCUT2D eigenvalue weighted by Crippen LogP contribution is -2.49. The maximum absolute atomic E-state index is 12.5. The Morgan fingerprint density at radius 3 is 2.46 bits per heavy atom. The average Bonchev–Trinajstić information content (AvgIpc) is 2.60. The van der Waals surface area contributed by atoms with Gasteiger partial charge in [0.15, 0.2) is 0 Å². The van der Waals surface area contributed by atoms with E-state index in [2.05, 4.69) is 25.1 Å². The van der Waals surface area contributed by atoms with Crippen LogP contribution in [0.5, 0.6) is 0 Å². The number of hydrogen-bond donors (Lipinski definition) is 1. The molecule has 1 saturated heterocycles. The Morgan fingerprint density at radius 1 is 1.33 bits per heavy atom. The number of carbonyl (C=O) groups is 1. The molecule has 1 unspecified atom stereocenters. The van der Waals surface area contributed by atoms with Crippen LogP contribution in [0.25, 0.3) is 0 Å². The number of nitrogens with zero attached hydrogens (tertiary/aromatic N) is 1. The molecule has 4 heteroatoms. The fourth-order valence-electron chi connectivity index (χ4n) is 2.94. The SMILES string of the molecule is C=C/C(C)=C(\C=C)CCC(N)(CC)C(=O)OCC1CCN(C)CC1. The Morgan fingerprint density at radius 2 is 1.96 bits per heavy atom. The highest BCUT2D eigenvalue weighted by Gasteiger charge is 2.34. The van der Waals surface area contributed by atoms with E-state index in [1.54, 1.807) is 6.08 Å². The molecule has 1 atom stereocenters. The Bertz CT molecular complexity index is 476. The Kier molecular flexibility index (Phi) is 8.43. The lowest BCUT2D eigenvalue weighted by molar-refractivity contribution is -0.152. The molecule has 1 aliphatic rings. The van der Waals surface area contributed by atoms with E-state index in [9.17, 15) is 4.79 Å². The third kappa shape index (κ3) is 5.91. The molecule has 0 aromatic heterocycles. The van der Waals surface area contributed by atoms with Gasteiger partial charge < -0.3 is 15.4 Å². The van der Waals surface area contributed by atoms with Gasteiger partial charge in [-0.25, -0.2) is 0 Å². The molecule has 0 aromatic carbocycles. The van der Waals surface area contributed by atoms with Crippen molar-refractivity contribution in [3.63, 3.8) is 0 Å². The molecular formula is C20H34N2O2. The summed E-state index contributed by atoms with van der Waals surface area (Å²) >= 11 is 0. The first-order valence-electron chi connectivity index (χ1n) is 8.95. The van der Waals surface area contributed by atoms with Crippen LogP contribution in [0, 0.1) is 5.92 Å². The molecule has 136 valence electrons. The maximum atomic E-state index is 12.5. The second-order valence-electron chi connectivity index (χ2n) is 6.97. The predicted octanol–water partition coefficient (Wildman–Crippen LogP) is 3.45. The summed E-state index contributed by atoms with van der Waals surface area (Å²) in [6, 6.07) is 0. The van der Waals surface area contributed by atoms with Gasteiger partial charge in [0.25, 0.3) is 0 Å². The topological polar surface area (TPSA) is 55.6 Å². The number of ether oxygens (including phenoxy) is 1. The van der Waals surface area contributed by atoms with Gasteiger partial charge >= 0.3 is 5.97 Å². The number of carbonyl (C=O) groups excluding carboxylic acids is 1. The van der Waals surface area contributed by atoms with Gasteiger partial charge in [-0.3, -0.25) is 4.79 Å². The average molecular weight is 335 g/mol. The molecule has 2 N–H and O–H groups in total. The minimum atomic E-state index is -0.929. The van der Waals surface area contributed by atoms with Gasteiger partial charge in [-0.15, -0.1) is 0 Å². The van der Waals surface area contributed by atoms with E-state index in [1.165, 1.54) is 0 Å². The molecule has 1 rings (SSSR count). The van der Waals surface area contributed by atoms with Crippen molar-refractivity contribution < 1.29 is 9.53 Å². The molecule has 1 fully saturated rings. The standard InChI is InChI=1S/C20H34N2O2/c1-6-16(4)18(7-2)9-12-20(21,8-3)19(23)24-15-17-10-13-22(5)14-11-17/h6-7,17H,1-2,8-15,21H2,3-5H3/b18-16+. The van der Waals surface area contributed by atoms with Crippen LogP contribution in [0.2, 0.25) is 0 Å². The molecule has 0 saturated carbocycles. The van der Waals surface area contributed by atoms with Gasteiger partial charge in [0.05, 0.1) is 6.61 Å². The minimum absolute atomic E-state index is 0.274. The highest BCUT2D eigenvalue weighted by molar-refractivity contribution is 5.80. The molecule has 0 aliphatic carbocycles. The minimum Gasteiger partial charge on any atom is -0.464 e. The van der Waals surface area contributed by atoms with Crippen molar-refractivity contribution in [1.29, 1.82) is 0 Å². The maximum Gasteiger partial charge on any atom is 0.326 e. The summed E-state index contributed by atoms with van der Waals surface area (Å²) in [5.74, 6) is 0.182. The first-order valence-corrected chi connectivity index (χ1v) is 8.95. The fourth-order valence-corrected chi connectivity index (χ4v) is 2.94. The van der Waals surface area contributed by atoms with Crippen molar-refractivity contribution in [1.82, 2.24) is 4.90 Å². The second-order valence-corrected chi connectivity index (χ2v) is 6.97. The van der Waals surface area contributed by atoms with Crippen LogP contribution in [0.3, 0.4) is 0 Å². The van der Waals surface area contributed by atoms with Crippen LogP contribution in [-0.2, 0) is 9.53 Å². The number of nitrogens with two attached hydrogens (primary N) is 1. The van der Waals surface area contributed by atoms with E-state index < -0.39 is 5.54 Å². The largest absolute Gasteiger partial charge is 0.464 e. The third-order valence-corrected chi connectivity index (χ3v) is 5.23. The van der Waals surface area contributed by atoms with Crippen LogP contribution in [-0.4, -0.2) is 43.2 Å². The monoisotopic (exact) mass is 334 g/mol. The molecule has 4 nitrogen and oxygen atoms in total. The van der Waals surface area contributed by atoms with Crippen molar-refractivity contribution in [3.8, 4) is 0 Å². The van der Waals surface area contributed by atoms with Gasteiger partial charge in [0, 0.05) is 0 Å². The predicted molar refractivity (Wildman–Crippen MR) is 101 cm³/mol. The molecular weight excluding hydrogens is 300 g/mol. The smallest absolute Gasteiger partial charge is 0.326 e. The van der Waals surface area contributed by atoms with Crippen LogP contribution >= 0.6 is 0 Å². The molecule has 0 aromatic rings. The van der Waals surface area contributed by atoms with E-state index in [1.807, 2.05) is 19.9 Å². The van der Waals surface area contributed by atoms with Crippen molar-refractivity contribution in [3.05, 3.63) is 36.5 Å². The van der Waals surface area contributed by atoms with Gasteiger partial charge in [0.1, 0.15) is 5.54 Å². The Balaban J connectivity index is 2.57. The van der Waals surface area contributed by atoms with Crippen LogP contribution < -0.4 is 5.73 Å². The zero-order valence-corrected chi connectivity index (χ0v) is 15.6. The molecule has 0 bridgehead atoms.